The summed E-state index contributed by atoms with van der Waals surface area (Å²) in [6.45, 7) is 12.8. The molecule has 0 saturated carbocycles. The van der Waals surface area contributed by atoms with E-state index in [0.717, 1.165) is 17.3 Å². The van der Waals surface area contributed by atoms with Crippen molar-refractivity contribution in [3.63, 3.8) is 0 Å². The Kier molecular flexibility index (Phi) is 4.36. The van der Waals surface area contributed by atoms with Gasteiger partial charge < -0.3 is 4.42 Å². The maximum atomic E-state index is 5.55. The van der Waals surface area contributed by atoms with Crippen molar-refractivity contribution in [1.82, 2.24) is 9.88 Å². The van der Waals surface area contributed by atoms with E-state index in [4.69, 9.17) is 4.42 Å². The summed E-state index contributed by atoms with van der Waals surface area (Å²) in [6.07, 6.45) is 2.41. The molecule has 0 bridgehead atoms. The molecule has 0 N–H and O–H groups in total. The van der Waals surface area contributed by atoms with Crippen molar-refractivity contribution < 1.29 is 4.42 Å². The Morgan fingerprint density at radius 3 is 2.35 bits per heavy atom. The summed E-state index contributed by atoms with van der Waals surface area (Å²) in [7, 11) is 2.17. The van der Waals surface area contributed by atoms with E-state index in [9.17, 15) is 0 Å². The topological polar surface area (TPSA) is 29.3 Å². The fraction of sp³-hybridized carbons (Fsp3) is 0.786. The van der Waals surface area contributed by atoms with Crippen LogP contribution in [0, 0.1) is 13.8 Å². The molecule has 1 atom stereocenters. The van der Waals surface area contributed by atoms with Crippen LogP contribution in [0.15, 0.2) is 4.42 Å². The Labute approximate surface area is 105 Å². The molecule has 0 amide bonds. The molecule has 0 saturated heterocycles. The second kappa shape index (κ2) is 5.21. The average Bonchev–Trinajstić information content (AvgIpc) is 2.57. The molecule has 98 valence electrons. The Morgan fingerprint density at radius 1 is 1.35 bits per heavy atom. The van der Waals surface area contributed by atoms with Crippen molar-refractivity contribution in [1.29, 1.82) is 0 Å². The highest BCUT2D eigenvalue weighted by atomic mass is 16.4. The highest BCUT2D eigenvalue weighted by molar-refractivity contribution is 5.18. The van der Waals surface area contributed by atoms with E-state index in [1.54, 1.807) is 0 Å². The molecule has 0 aliphatic heterocycles. The maximum absolute atomic E-state index is 5.55. The summed E-state index contributed by atoms with van der Waals surface area (Å²) in [5.41, 5.74) is 0.969. The molecule has 0 fully saturated rings. The first-order chi connectivity index (χ1) is 7.80. The molecule has 0 aliphatic rings. The van der Waals surface area contributed by atoms with Gasteiger partial charge in [-0.3, -0.25) is 4.90 Å². The highest BCUT2D eigenvalue weighted by Gasteiger charge is 2.33. The zero-order chi connectivity index (χ0) is 13.2. The van der Waals surface area contributed by atoms with E-state index in [1.807, 2.05) is 13.8 Å². The van der Waals surface area contributed by atoms with Crippen molar-refractivity contribution in [2.24, 2.45) is 0 Å². The molecule has 3 heteroatoms. The van der Waals surface area contributed by atoms with Crippen LogP contribution in [-0.2, 0) is 5.54 Å². The lowest BCUT2D eigenvalue weighted by Gasteiger charge is -2.38. The van der Waals surface area contributed by atoms with Crippen LogP contribution in [0.25, 0.3) is 0 Å². The van der Waals surface area contributed by atoms with Crippen LogP contribution >= 0.6 is 0 Å². The van der Waals surface area contributed by atoms with E-state index < -0.39 is 0 Å². The molecule has 1 unspecified atom stereocenters. The fourth-order valence-electron chi connectivity index (χ4n) is 2.43. The van der Waals surface area contributed by atoms with Crippen LogP contribution in [0.2, 0.25) is 0 Å². The van der Waals surface area contributed by atoms with Crippen LogP contribution in [-0.4, -0.2) is 23.0 Å². The first kappa shape index (κ1) is 14.2. The SMILES string of the molecule is CCCC(C)N(C)C(C)(C)c1nc(C)oc1C. The van der Waals surface area contributed by atoms with Crippen LogP contribution in [0.3, 0.4) is 0 Å². The smallest absolute Gasteiger partial charge is 0.191 e. The van der Waals surface area contributed by atoms with Crippen LogP contribution < -0.4 is 0 Å². The first-order valence-electron chi connectivity index (χ1n) is 6.48. The van der Waals surface area contributed by atoms with Gasteiger partial charge in [0.15, 0.2) is 5.89 Å². The van der Waals surface area contributed by atoms with Gasteiger partial charge in [0.25, 0.3) is 0 Å². The van der Waals surface area contributed by atoms with Gasteiger partial charge in [0.2, 0.25) is 0 Å². The second-order valence-corrected chi connectivity index (χ2v) is 5.45. The third-order valence-corrected chi connectivity index (χ3v) is 3.73. The Balaban J connectivity index is 2.97. The lowest BCUT2D eigenvalue weighted by atomic mass is 9.94. The number of hydrogen-bond donors (Lipinski definition) is 0. The van der Waals surface area contributed by atoms with Gasteiger partial charge in [-0.05, 0) is 41.2 Å². The van der Waals surface area contributed by atoms with Gasteiger partial charge in [-0.1, -0.05) is 13.3 Å². The van der Waals surface area contributed by atoms with Crippen LogP contribution in [0.5, 0.6) is 0 Å². The molecule has 1 rings (SSSR count). The quantitative estimate of drug-likeness (QED) is 0.784. The summed E-state index contributed by atoms with van der Waals surface area (Å²) < 4.78 is 5.55. The van der Waals surface area contributed by atoms with Crippen molar-refractivity contribution in [3.05, 3.63) is 17.3 Å². The third-order valence-electron chi connectivity index (χ3n) is 3.73. The summed E-state index contributed by atoms with van der Waals surface area (Å²) in [6, 6.07) is 0.548. The number of nitrogens with zero attached hydrogens (tertiary/aromatic N) is 2. The molecule has 0 radical (unpaired) electrons. The molecular weight excluding hydrogens is 212 g/mol. The zero-order valence-corrected chi connectivity index (χ0v) is 12.3. The lowest BCUT2D eigenvalue weighted by molar-refractivity contribution is 0.0985. The monoisotopic (exact) mass is 238 g/mol. The standard InChI is InChI=1S/C14H26N2O/c1-8-9-10(2)16(7)14(5,6)13-11(3)17-12(4)15-13/h10H,8-9H2,1-7H3. The van der Waals surface area contributed by atoms with Gasteiger partial charge in [-0.25, -0.2) is 4.98 Å². The molecule has 1 heterocycles. The first-order valence-corrected chi connectivity index (χ1v) is 6.48. The molecule has 0 spiro atoms. The summed E-state index contributed by atoms with van der Waals surface area (Å²) >= 11 is 0. The van der Waals surface area contributed by atoms with E-state index in [0.29, 0.717) is 6.04 Å². The number of hydrogen-bond acceptors (Lipinski definition) is 3. The van der Waals surface area contributed by atoms with Crippen LogP contribution in [0.4, 0.5) is 0 Å². The summed E-state index contributed by atoms with van der Waals surface area (Å²) in [4.78, 5) is 6.93. The number of rotatable bonds is 5. The van der Waals surface area contributed by atoms with Gasteiger partial charge in [0.1, 0.15) is 11.5 Å². The Hall–Kier alpha value is -0.830. The lowest BCUT2D eigenvalue weighted by Crippen LogP contribution is -2.44. The molecule has 17 heavy (non-hydrogen) atoms. The van der Waals surface area contributed by atoms with E-state index >= 15 is 0 Å². The molecule has 0 aromatic carbocycles. The predicted molar refractivity (Wildman–Crippen MR) is 71.1 cm³/mol. The molecule has 1 aromatic rings. The van der Waals surface area contributed by atoms with E-state index in [2.05, 4.69) is 44.6 Å². The highest BCUT2D eigenvalue weighted by Crippen LogP contribution is 2.31. The Bertz CT molecular complexity index is 368. The normalized spacial score (nSPS) is 14.4. The van der Waals surface area contributed by atoms with Gasteiger partial charge in [-0.2, -0.15) is 0 Å². The second-order valence-electron chi connectivity index (χ2n) is 5.45. The minimum Gasteiger partial charge on any atom is -0.446 e. The molecule has 3 nitrogen and oxygen atoms in total. The third kappa shape index (κ3) is 2.89. The number of aryl methyl sites for hydroxylation is 2. The van der Waals surface area contributed by atoms with Crippen molar-refractivity contribution >= 4 is 0 Å². The van der Waals surface area contributed by atoms with E-state index in [-0.39, 0.29) is 5.54 Å². The number of oxazole rings is 1. The number of aromatic nitrogens is 1. The summed E-state index contributed by atoms with van der Waals surface area (Å²) in [5.74, 6) is 1.69. The predicted octanol–water partition coefficient (Wildman–Crippen LogP) is 3.65. The summed E-state index contributed by atoms with van der Waals surface area (Å²) in [5, 5.41) is 0. The van der Waals surface area contributed by atoms with Gasteiger partial charge >= 0.3 is 0 Å². The largest absolute Gasteiger partial charge is 0.446 e. The zero-order valence-electron chi connectivity index (χ0n) is 12.3. The van der Waals surface area contributed by atoms with Gasteiger partial charge in [0, 0.05) is 13.0 Å². The molecular formula is C14H26N2O. The minimum atomic E-state index is -0.0869. The van der Waals surface area contributed by atoms with Crippen molar-refractivity contribution in [3.8, 4) is 0 Å². The Morgan fingerprint density at radius 2 is 1.94 bits per heavy atom. The average molecular weight is 238 g/mol. The van der Waals surface area contributed by atoms with Crippen LogP contribution in [0.1, 0.15) is 57.9 Å². The molecule has 1 aromatic heterocycles. The van der Waals surface area contributed by atoms with Gasteiger partial charge in [-0.15, -0.1) is 0 Å². The maximum Gasteiger partial charge on any atom is 0.191 e. The molecule has 0 aliphatic carbocycles. The fourth-order valence-corrected chi connectivity index (χ4v) is 2.43. The van der Waals surface area contributed by atoms with Gasteiger partial charge in [0.05, 0.1) is 5.54 Å². The van der Waals surface area contributed by atoms with E-state index in [1.165, 1.54) is 12.8 Å². The van der Waals surface area contributed by atoms with Crippen molar-refractivity contribution in [2.45, 2.75) is 66.0 Å². The minimum absolute atomic E-state index is 0.0869. The van der Waals surface area contributed by atoms with Crippen molar-refractivity contribution in [2.75, 3.05) is 7.05 Å².